The van der Waals surface area contributed by atoms with Gasteiger partial charge in [-0.05, 0) is 12.5 Å². The summed E-state index contributed by atoms with van der Waals surface area (Å²) in [7, 11) is 1.24. The third kappa shape index (κ3) is 5.97. The number of esters is 1. The van der Waals surface area contributed by atoms with Crippen LogP contribution in [0.4, 0.5) is 4.79 Å². The fraction of sp³-hybridized carbons (Fsp3) is 0.375. The van der Waals surface area contributed by atoms with Gasteiger partial charge in [0.05, 0.1) is 19.3 Å². The minimum atomic E-state index is -0.962. The van der Waals surface area contributed by atoms with Crippen LogP contribution in [0, 0.1) is 0 Å². The van der Waals surface area contributed by atoms with Crippen LogP contribution in [-0.2, 0) is 20.9 Å². The van der Waals surface area contributed by atoms with Gasteiger partial charge in [-0.25, -0.2) is 9.59 Å². The van der Waals surface area contributed by atoms with Crippen molar-refractivity contribution in [3.05, 3.63) is 48.0 Å². The van der Waals surface area contributed by atoms with Crippen LogP contribution in [0.25, 0.3) is 0 Å². The highest BCUT2D eigenvalue weighted by Crippen LogP contribution is 2.09. The Morgan fingerprint density at radius 2 is 1.95 bits per heavy atom. The molecule has 22 heavy (non-hydrogen) atoms. The third-order valence-corrected chi connectivity index (χ3v) is 3.07. The predicted molar refractivity (Wildman–Crippen MR) is 81.0 cm³/mol. The van der Waals surface area contributed by atoms with Crippen LogP contribution in [-0.4, -0.2) is 36.4 Å². The summed E-state index contributed by atoms with van der Waals surface area (Å²) in [6.45, 7) is 5.28. The number of amides is 1. The standard InChI is InChI=1S/C16H21NO5/c1-11(15(19)21-3)9-14(18)12(2)17-16(20)22-10-13-7-5-4-6-8-13/h4-8,12,14,18H,1,9-10H2,2-3H3,(H,17,20)/t12-,14+/m0/s1. The van der Waals surface area contributed by atoms with Gasteiger partial charge in [0.2, 0.25) is 0 Å². The molecule has 1 aromatic carbocycles. The molecule has 6 heteroatoms. The maximum Gasteiger partial charge on any atom is 0.407 e. The molecule has 0 unspecified atom stereocenters. The molecule has 120 valence electrons. The van der Waals surface area contributed by atoms with Gasteiger partial charge in [0.1, 0.15) is 6.61 Å². The Morgan fingerprint density at radius 3 is 2.55 bits per heavy atom. The van der Waals surface area contributed by atoms with Crippen molar-refractivity contribution >= 4 is 12.1 Å². The van der Waals surface area contributed by atoms with Gasteiger partial charge in [0, 0.05) is 12.0 Å². The predicted octanol–water partition coefficient (Wildman–Crippen LogP) is 1.78. The zero-order chi connectivity index (χ0) is 16.5. The van der Waals surface area contributed by atoms with Crippen LogP contribution in [0.3, 0.4) is 0 Å². The zero-order valence-corrected chi connectivity index (χ0v) is 12.7. The zero-order valence-electron chi connectivity index (χ0n) is 12.7. The lowest BCUT2D eigenvalue weighted by Crippen LogP contribution is -2.41. The molecular formula is C16H21NO5. The van der Waals surface area contributed by atoms with E-state index >= 15 is 0 Å². The summed E-state index contributed by atoms with van der Waals surface area (Å²) in [5, 5.41) is 12.4. The number of methoxy groups -OCH3 is 1. The number of benzene rings is 1. The lowest BCUT2D eigenvalue weighted by Gasteiger charge is -2.20. The molecular weight excluding hydrogens is 286 g/mol. The number of alkyl carbamates (subject to hydrolysis) is 1. The minimum Gasteiger partial charge on any atom is -0.466 e. The van der Waals surface area contributed by atoms with Crippen molar-refractivity contribution < 1.29 is 24.2 Å². The SMILES string of the molecule is C=C(C[C@@H](O)[C@H](C)NC(=O)OCc1ccccc1)C(=O)OC. The summed E-state index contributed by atoms with van der Waals surface area (Å²) in [4.78, 5) is 22.9. The van der Waals surface area contributed by atoms with Crippen molar-refractivity contribution in [1.29, 1.82) is 0 Å². The Kier molecular flexibility index (Phi) is 7.12. The minimum absolute atomic E-state index is 0.00675. The van der Waals surface area contributed by atoms with Gasteiger partial charge in [0.15, 0.2) is 0 Å². The second kappa shape index (κ2) is 8.84. The Hall–Kier alpha value is -2.34. The normalized spacial score (nSPS) is 12.9. The first-order chi connectivity index (χ1) is 10.4. The van der Waals surface area contributed by atoms with Gasteiger partial charge in [-0.2, -0.15) is 0 Å². The van der Waals surface area contributed by atoms with E-state index in [0.29, 0.717) is 0 Å². The first kappa shape index (κ1) is 17.7. The summed E-state index contributed by atoms with van der Waals surface area (Å²) in [5.74, 6) is -0.585. The molecule has 0 spiro atoms. The van der Waals surface area contributed by atoms with E-state index < -0.39 is 24.2 Å². The van der Waals surface area contributed by atoms with Crippen molar-refractivity contribution in [3.8, 4) is 0 Å². The van der Waals surface area contributed by atoms with Crippen molar-refractivity contribution in [1.82, 2.24) is 5.32 Å². The van der Waals surface area contributed by atoms with Crippen molar-refractivity contribution in [2.24, 2.45) is 0 Å². The Balaban J connectivity index is 2.36. The highest BCUT2D eigenvalue weighted by molar-refractivity contribution is 5.87. The first-order valence-corrected chi connectivity index (χ1v) is 6.85. The van der Waals surface area contributed by atoms with Gasteiger partial charge in [0.25, 0.3) is 0 Å². The van der Waals surface area contributed by atoms with Crippen molar-refractivity contribution in [2.75, 3.05) is 7.11 Å². The molecule has 2 N–H and O–H groups in total. The number of nitrogens with one attached hydrogen (secondary N) is 1. The van der Waals surface area contributed by atoms with Gasteiger partial charge in [-0.1, -0.05) is 36.9 Å². The van der Waals surface area contributed by atoms with E-state index in [9.17, 15) is 14.7 Å². The molecule has 2 atom stereocenters. The average molecular weight is 307 g/mol. The molecule has 0 bridgehead atoms. The largest absolute Gasteiger partial charge is 0.466 e. The second-order valence-electron chi connectivity index (χ2n) is 4.86. The molecule has 0 radical (unpaired) electrons. The van der Waals surface area contributed by atoms with E-state index in [4.69, 9.17) is 4.74 Å². The average Bonchev–Trinajstić information content (AvgIpc) is 2.52. The molecule has 0 saturated carbocycles. The number of rotatable bonds is 7. The van der Waals surface area contributed by atoms with Crippen LogP contribution in [0.15, 0.2) is 42.5 Å². The monoisotopic (exact) mass is 307 g/mol. The second-order valence-corrected chi connectivity index (χ2v) is 4.86. The maximum atomic E-state index is 11.6. The molecule has 0 aliphatic heterocycles. The smallest absolute Gasteiger partial charge is 0.407 e. The molecule has 1 aromatic rings. The molecule has 1 rings (SSSR count). The molecule has 0 heterocycles. The van der Waals surface area contributed by atoms with Crippen LogP contribution in [0.1, 0.15) is 18.9 Å². The summed E-state index contributed by atoms with van der Waals surface area (Å²) in [6.07, 6.45) is -1.60. The lowest BCUT2D eigenvalue weighted by molar-refractivity contribution is -0.136. The number of aliphatic hydroxyl groups is 1. The Morgan fingerprint density at radius 1 is 1.32 bits per heavy atom. The number of hydrogen-bond donors (Lipinski definition) is 2. The van der Waals surface area contributed by atoms with Crippen LogP contribution >= 0.6 is 0 Å². The fourth-order valence-corrected chi connectivity index (χ4v) is 1.70. The molecule has 0 saturated heterocycles. The van der Waals surface area contributed by atoms with E-state index in [1.807, 2.05) is 30.3 Å². The topological polar surface area (TPSA) is 84.9 Å². The van der Waals surface area contributed by atoms with Crippen molar-refractivity contribution in [2.45, 2.75) is 32.1 Å². The summed E-state index contributed by atoms with van der Waals surface area (Å²) in [6, 6.07) is 8.65. The third-order valence-electron chi connectivity index (χ3n) is 3.07. The van der Waals surface area contributed by atoms with Gasteiger partial charge in [-0.15, -0.1) is 0 Å². The van der Waals surface area contributed by atoms with Crippen LogP contribution < -0.4 is 5.32 Å². The molecule has 1 amide bonds. The van der Waals surface area contributed by atoms with Gasteiger partial charge >= 0.3 is 12.1 Å². The number of ether oxygens (including phenoxy) is 2. The Bertz CT molecular complexity index is 515. The molecule has 0 aliphatic carbocycles. The van der Waals surface area contributed by atoms with E-state index in [-0.39, 0.29) is 18.6 Å². The lowest BCUT2D eigenvalue weighted by atomic mass is 10.0. The van der Waals surface area contributed by atoms with E-state index in [1.165, 1.54) is 7.11 Å². The van der Waals surface area contributed by atoms with E-state index in [2.05, 4.69) is 16.6 Å². The summed E-state index contributed by atoms with van der Waals surface area (Å²) >= 11 is 0. The summed E-state index contributed by atoms with van der Waals surface area (Å²) < 4.78 is 9.55. The molecule has 0 fully saturated rings. The fourth-order valence-electron chi connectivity index (χ4n) is 1.70. The molecule has 0 aromatic heterocycles. The summed E-state index contributed by atoms with van der Waals surface area (Å²) in [5.41, 5.74) is 1.01. The van der Waals surface area contributed by atoms with Crippen LogP contribution in [0.2, 0.25) is 0 Å². The quantitative estimate of drug-likeness (QED) is 0.592. The number of hydrogen-bond acceptors (Lipinski definition) is 5. The maximum absolute atomic E-state index is 11.6. The number of carbonyl (C=O) groups excluding carboxylic acids is 2. The van der Waals surface area contributed by atoms with Gasteiger partial charge < -0.3 is 19.9 Å². The number of carbonyl (C=O) groups is 2. The van der Waals surface area contributed by atoms with E-state index in [1.54, 1.807) is 6.92 Å². The van der Waals surface area contributed by atoms with Gasteiger partial charge in [-0.3, -0.25) is 0 Å². The van der Waals surface area contributed by atoms with Crippen LogP contribution in [0.5, 0.6) is 0 Å². The first-order valence-electron chi connectivity index (χ1n) is 6.85. The Labute approximate surface area is 129 Å². The number of aliphatic hydroxyl groups excluding tert-OH is 1. The molecule has 0 aliphatic rings. The van der Waals surface area contributed by atoms with E-state index in [0.717, 1.165) is 5.56 Å². The molecule has 6 nitrogen and oxygen atoms in total. The highest BCUT2D eigenvalue weighted by Gasteiger charge is 2.20. The highest BCUT2D eigenvalue weighted by atomic mass is 16.5. The van der Waals surface area contributed by atoms with Crippen molar-refractivity contribution in [3.63, 3.8) is 0 Å².